The number of carbonyl (C=O) groups is 1. The molecule has 0 aliphatic rings. The first-order valence-corrected chi connectivity index (χ1v) is 5.20. The summed E-state index contributed by atoms with van der Waals surface area (Å²) in [6.45, 7) is 4.52. The van der Waals surface area contributed by atoms with E-state index in [0.29, 0.717) is 13.1 Å². The van der Waals surface area contributed by atoms with Crippen molar-refractivity contribution in [2.45, 2.75) is 6.42 Å². The summed E-state index contributed by atoms with van der Waals surface area (Å²) in [5.74, 6) is -2.00. The van der Waals surface area contributed by atoms with Crippen molar-refractivity contribution < 1.29 is 13.6 Å². The molecule has 0 fully saturated rings. The molecular formula is C12H14F2N2O. The SMILES string of the molecule is C=CCNCCC(=O)Nc1c(F)cccc1F. The van der Waals surface area contributed by atoms with Crippen molar-refractivity contribution >= 4 is 11.6 Å². The van der Waals surface area contributed by atoms with Crippen LogP contribution in [0.3, 0.4) is 0 Å². The van der Waals surface area contributed by atoms with Crippen LogP contribution in [-0.2, 0) is 4.79 Å². The Morgan fingerprint density at radius 3 is 2.59 bits per heavy atom. The Hall–Kier alpha value is -1.75. The van der Waals surface area contributed by atoms with E-state index < -0.39 is 23.2 Å². The molecule has 0 heterocycles. The fourth-order valence-corrected chi connectivity index (χ4v) is 1.23. The van der Waals surface area contributed by atoms with Crippen molar-refractivity contribution in [1.29, 1.82) is 0 Å². The van der Waals surface area contributed by atoms with Crippen LogP contribution < -0.4 is 10.6 Å². The predicted octanol–water partition coefficient (Wildman–Crippen LogP) is 2.07. The molecular weight excluding hydrogens is 226 g/mol. The van der Waals surface area contributed by atoms with Crippen molar-refractivity contribution in [3.05, 3.63) is 42.5 Å². The van der Waals surface area contributed by atoms with Gasteiger partial charge in [0.05, 0.1) is 0 Å². The van der Waals surface area contributed by atoms with Crippen molar-refractivity contribution in [3.8, 4) is 0 Å². The molecule has 1 aromatic carbocycles. The quantitative estimate of drug-likeness (QED) is 0.590. The van der Waals surface area contributed by atoms with Crippen LogP contribution in [0.5, 0.6) is 0 Å². The van der Waals surface area contributed by atoms with Gasteiger partial charge in [0.15, 0.2) is 0 Å². The molecule has 0 saturated carbocycles. The van der Waals surface area contributed by atoms with Gasteiger partial charge in [-0.1, -0.05) is 12.1 Å². The maximum atomic E-state index is 13.2. The van der Waals surface area contributed by atoms with Crippen LogP contribution in [0.25, 0.3) is 0 Å². The Kier molecular flexibility index (Phi) is 5.29. The number of rotatable bonds is 6. The van der Waals surface area contributed by atoms with Crippen LogP contribution in [0.2, 0.25) is 0 Å². The lowest BCUT2D eigenvalue weighted by molar-refractivity contribution is -0.116. The highest BCUT2D eigenvalue weighted by molar-refractivity contribution is 5.91. The van der Waals surface area contributed by atoms with E-state index in [9.17, 15) is 13.6 Å². The molecule has 1 rings (SSSR count). The van der Waals surface area contributed by atoms with Gasteiger partial charge in [0.1, 0.15) is 17.3 Å². The van der Waals surface area contributed by atoms with Gasteiger partial charge in [-0.2, -0.15) is 0 Å². The first kappa shape index (κ1) is 13.3. The molecule has 0 aliphatic carbocycles. The third kappa shape index (κ3) is 4.32. The average molecular weight is 240 g/mol. The molecule has 1 amide bonds. The zero-order valence-corrected chi connectivity index (χ0v) is 9.30. The second-order valence-electron chi connectivity index (χ2n) is 3.39. The molecule has 2 N–H and O–H groups in total. The van der Waals surface area contributed by atoms with E-state index in [1.54, 1.807) is 6.08 Å². The minimum absolute atomic E-state index is 0.140. The van der Waals surface area contributed by atoms with E-state index in [-0.39, 0.29) is 6.42 Å². The standard InChI is InChI=1S/C12H14F2N2O/c1-2-7-15-8-6-11(17)16-12-9(13)4-3-5-10(12)14/h2-5,15H,1,6-8H2,(H,16,17). The lowest BCUT2D eigenvalue weighted by atomic mass is 10.2. The van der Waals surface area contributed by atoms with Gasteiger partial charge in [0, 0.05) is 19.5 Å². The number of benzene rings is 1. The number of hydrogen-bond donors (Lipinski definition) is 2. The van der Waals surface area contributed by atoms with Crippen molar-refractivity contribution in [1.82, 2.24) is 5.32 Å². The van der Waals surface area contributed by atoms with Crippen LogP contribution in [0, 0.1) is 11.6 Å². The van der Waals surface area contributed by atoms with E-state index in [1.165, 1.54) is 6.07 Å². The maximum absolute atomic E-state index is 13.2. The largest absolute Gasteiger partial charge is 0.321 e. The average Bonchev–Trinajstić information content (AvgIpc) is 2.30. The Morgan fingerprint density at radius 1 is 1.35 bits per heavy atom. The number of nitrogens with one attached hydrogen (secondary N) is 2. The third-order valence-corrected chi connectivity index (χ3v) is 2.04. The first-order valence-electron chi connectivity index (χ1n) is 5.20. The highest BCUT2D eigenvalue weighted by atomic mass is 19.1. The molecule has 0 aromatic heterocycles. The smallest absolute Gasteiger partial charge is 0.225 e. The zero-order chi connectivity index (χ0) is 12.7. The number of halogens is 2. The Bertz CT molecular complexity index is 387. The van der Waals surface area contributed by atoms with Gasteiger partial charge in [0.2, 0.25) is 5.91 Å². The van der Waals surface area contributed by atoms with Crippen LogP contribution in [0.1, 0.15) is 6.42 Å². The molecule has 17 heavy (non-hydrogen) atoms. The van der Waals surface area contributed by atoms with E-state index in [4.69, 9.17) is 0 Å². The molecule has 0 spiro atoms. The summed E-state index contributed by atoms with van der Waals surface area (Å²) >= 11 is 0. The second kappa shape index (κ2) is 6.75. The molecule has 0 atom stereocenters. The van der Waals surface area contributed by atoms with Crippen LogP contribution in [0.15, 0.2) is 30.9 Å². The predicted molar refractivity (Wildman–Crippen MR) is 62.7 cm³/mol. The van der Waals surface area contributed by atoms with Gasteiger partial charge in [-0.05, 0) is 12.1 Å². The monoisotopic (exact) mass is 240 g/mol. The van der Waals surface area contributed by atoms with E-state index in [2.05, 4.69) is 17.2 Å². The molecule has 3 nitrogen and oxygen atoms in total. The van der Waals surface area contributed by atoms with Gasteiger partial charge < -0.3 is 10.6 Å². The Balaban J connectivity index is 2.48. The third-order valence-electron chi connectivity index (χ3n) is 2.04. The molecule has 92 valence electrons. The van der Waals surface area contributed by atoms with Crippen molar-refractivity contribution in [2.24, 2.45) is 0 Å². The molecule has 1 aromatic rings. The zero-order valence-electron chi connectivity index (χ0n) is 9.30. The van der Waals surface area contributed by atoms with E-state index >= 15 is 0 Å². The fourth-order valence-electron chi connectivity index (χ4n) is 1.23. The summed E-state index contributed by atoms with van der Waals surface area (Å²) in [4.78, 5) is 11.4. The highest BCUT2D eigenvalue weighted by Crippen LogP contribution is 2.17. The van der Waals surface area contributed by atoms with Crippen LogP contribution in [0.4, 0.5) is 14.5 Å². The lowest BCUT2D eigenvalue weighted by Gasteiger charge is -2.07. The normalized spacial score (nSPS) is 10.0. The minimum atomic E-state index is -0.780. The minimum Gasteiger partial charge on any atom is -0.321 e. The van der Waals surface area contributed by atoms with E-state index in [1.807, 2.05) is 0 Å². The molecule has 0 bridgehead atoms. The second-order valence-corrected chi connectivity index (χ2v) is 3.39. The number of amides is 1. The number of hydrogen-bond acceptors (Lipinski definition) is 2. The molecule has 0 aliphatic heterocycles. The summed E-state index contributed by atoms with van der Waals surface area (Å²) < 4.78 is 26.3. The van der Waals surface area contributed by atoms with Crippen molar-refractivity contribution in [3.63, 3.8) is 0 Å². The number of carbonyl (C=O) groups excluding carboxylic acids is 1. The van der Waals surface area contributed by atoms with Gasteiger partial charge >= 0.3 is 0 Å². The first-order chi connectivity index (χ1) is 8.15. The van der Waals surface area contributed by atoms with Gasteiger partial charge in [-0.15, -0.1) is 6.58 Å². The topological polar surface area (TPSA) is 41.1 Å². The molecule has 5 heteroatoms. The van der Waals surface area contributed by atoms with E-state index in [0.717, 1.165) is 12.1 Å². The number of para-hydroxylation sites is 1. The van der Waals surface area contributed by atoms with Gasteiger partial charge in [0.25, 0.3) is 0 Å². The van der Waals surface area contributed by atoms with Crippen LogP contribution in [-0.4, -0.2) is 19.0 Å². The lowest BCUT2D eigenvalue weighted by Crippen LogP contribution is -2.22. The van der Waals surface area contributed by atoms with Gasteiger partial charge in [-0.3, -0.25) is 4.79 Å². The molecule has 0 unspecified atom stereocenters. The number of anilines is 1. The maximum Gasteiger partial charge on any atom is 0.225 e. The summed E-state index contributed by atoms with van der Waals surface area (Å²) in [5, 5.41) is 5.12. The van der Waals surface area contributed by atoms with Crippen LogP contribution >= 0.6 is 0 Å². The highest BCUT2D eigenvalue weighted by Gasteiger charge is 2.11. The summed E-state index contributed by atoms with van der Waals surface area (Å²) in [6, 6.07) is 3.43. The summed E-state index contributed by atoms with van der Waals surface area (Å²) in [6.07, 6.45) is 1.80. The summed E-state index contributed by atoms with van der Waals surface area (Å²) in [5.41, 5.74) is -0.402. The Labute approximate surface area is 98.5 Å². The summed E-state index contributed by atoms with van der Waals surface area (Å²) in [7, 11) is 0. The van der Waals surface area contributed by atoms with Gasteiger partial charge in [-0.25, -0.2) is 8.78 Å². The van der Waals surface area contributed by atoms with Crippen molar-refractivity contribution in [2.75, 3.05) is 18.4 Å². The molecule has 0 saturated heterocycles. The fraction of sp³-hybridized carbons (Fsp3) is 0.250. The molecule has 0 radical (unpaired) electrons. The Morgan fingerprint density at radius 2 is 2.00 bits per heavy atom.